The molecule has 1 heterocycles. The van der Waals surface area contributed by atoms with Crippen LogP contribution in [0.4, 0.5) is 27.8 Å². The molecule has 40 heavy (non-hydrogen) atoms. The highest BCUT2D eigenvalue weighted by molar-refractivity contribution is 6.12. The minimum atomic E-state index is -4.69. The van der Waals surface area contributed by atoms with Crippen LogP contribution < -0.4 is 16.4 Å². The number of anilines is 1. The number of halogens is 6. The topological polar surface area (TPSA) is 124 Å². The molecular weight excluding hydrogens is 563 g/mol. The summed E-state index contributed by atoms with van der Waals surface area (Å²) in [5, 5.41) is 9.39. The largest absolute Gasteiger partial charge is 0.416 e. The number of methoxy groups -OCH3 is 1. The van der Waals surface area contributed by atoms with Gasteiger partial charge in [0.1, 0.15) is 0 Å². The molecule has 0 aliphatic heterocycles. The predicted molar refractivity (Wildman–Crippen MR) is 142 cm³/mol. The lowest BCUT2D eigenvalue weighted by molar-refractivity contribution is -0.137. The van der Waals surface area contributed by atoms with Crippen LogP contribution in [0.25, 0.3) is 10.9 Å². The van der Waals surface area contributed by atoms with E-state index in [0.717, 1.165) is 35.0 Å². The number of nitrogens with two attached hydrogens (primary N) is 1. The number of hydrogen-bond donors (Lipinski definition) is 3. The van der Waals surface area contributed by atoms with Crippen molar-refractivity contribution in [2.45, 2.75) is 39.0 Å². The summed E-state index contributed by atoms with van der Waals surface area (Å²) < 4.78 is 73.1. The van der Waals surface area contributed by atoms with Crippen molar-refractivity contribution in [2.75, 3.05) is 19.0 Å². The lowest BCUT2D eigenvalue weighted by atomic mass is 10.0. The molecule has 3 aromatic rings. The Morgan fingerprint density at radius 2 is 1.77 bits per heavy atom. The van der Waals surface area contributed by atoms with Gasteiger partial charge >= 0.3 is 6.18 Å². The molecule has 0 bridgehead atoms. The third-order valence-electron chi connectivity index (χ3n) is 5.63. The zero-order valence-corrected chi connectivity index (χ0v) is 22.7. The Balaban J connectivity index is 0.00000560. The second kappa shape index (κ2) is 13.2. The van der Waals surface area contributed by atoms with Crippen LogP contribution in [0, 0.1) is 17.6 Å². The van der Waals surface area contributed by atoms with E-state index >= 15 is 0 Å². The van der Waals surface area contributed by atoms with E-state index in [4.69, 9.17) is 10.5 Å². The molecule has 15 heteroatoms. The number of ether oxygens (including phenoxy) is 1. The number of rotatable bonds is 7. The fraction of sp³-hybridized carbons (Fsp3) is 0.360. The van der Waals surface area contributed by atoms with Crippen LogP contribution in [0.2, 0.25) is 0 Å². The molecule has 3 rings (SSSR count). The van der Waals surface area contributed by atoms with Crippen LogP contribution in [0.15, 0.2) is 41.4 Å². The number of fused-ring (bicyclic) bond motifs is 1. The molecule has 0 spiro atoms. The number of amides is 1. The van der Waals surface area contributed by atoms with E-state index in [1.54, 1.807) is 20.8 Å². The molecule has 9 nitrogen and oxygen atoms in total. The maximum absolute atomic E-state index is 13.7. The molecular formula is C25H28ClF5N6O3. The van der Waals surface area contributed by atoms with Crippen LogP contribution in [0.5, 0.6) is 0 Å². The van der Waals surface area contributed by atoms with E-state index in [1.165, 1.54) is 7.11 Å². The zero-order valence-electron chi connectivity index (χ0n) is 21.8. The second-order valence-electron chi connectivity index (χ2n) is 9.09. The van der Waals surface area contributed by atoms with E-state index in [2.05, 4.69) is 20.7 Å². The van der Waals surface area contributed by atoms with Crippen molar-refractivity contribution in [3.05, 3.63) is 59.2 Å². The fourth-order valence-electron chi connectivity index (χ4n) is 3.50. The Labute approximate surface area is 232 Å². The van der Waals surface area contributed by atoms with Crippen LogP contribution in [-0.2, 0) is 10.9 Å². The van der Waals surface area contributed by atoms with Crippen molar-refractivity contribution in [1.29, 1.82) is 0 Å². The van der Waals surface area contributed by atoms with E-state index in [0.29, 0.717) is 6.07 Å². The first kappa shape index (κ1) is 32.6. The summed E-state index contributed by atoms with van der Waals surface area (Å²) in [5.41, 5.74) is 4.55. The number of alkyl halides is 3. The van der Waals surface area contributed by atoms with Crippen molar-refractivity contribution in [2.24, 2.45) is 16.6 Å². The molecule has 0 saturated heterocycles. The third kappa shape index (κ3) is 7.52. The lowest BCUT2D eigenvalue weighted by Gasteiger charge is -2.14. The molecule has 0 saturated carbocycles. The highest BCUT2D eigenvalue weighted by atomic mass is 35.5. The molecule has 1 amide bonds. The van der Waals surface area contributed by atoms with E-state index in [-0.39, 0.29) is 53.2 Å². The van der Waals surface area contributed by atoms with Gasteiger partial charge in [-0.15, -0.1) is 17.5 Å². The Hall–Kier alpha value is -3.62. The maximum atomic E-state index is 13.7. The number of carbonyl (C=O) groups excluding carboxylic acids is 2. The summed E-state index contributed by atoms with van der Waals surface area (Å²) in [6.45, 7) is 5.11. The Morgan fingerprint density at radius 3 is 2.35 bits per heavy atom. The highest BCUT2D eigenvalue weighted by Crippen LogP contribution is 2.33. The van der Waals surface area contributed by atoms with Gasteiger partial charge in [0.25, 0.3) is 11.8 Å². The van der Waals surface area contributed by atoms with Crippen LogP contribution >= 0.6 is 12.4 Å². The van der Waals surface area contributed by atoms with Gasteiger partial charge in [0.05, 0.1) is 29.8 Å². The predicted octanol–water partition coefficient (Wildman–Crippen LogP) is 4.61. The molecule has 2 aromatic carbocycles. The smallest absolute Gasteiger partial charge is 0.382 e. The first-order valence-corrected chi connectivity index (χ1v) is 11.7. The quantitative estimate of drug-likeness (QED) is 0.210. The molecule has 0 radical (unpaired) electrons. The average molecular weight is 591 g/mol. The van der Waals surface area contributed by atoms with Gasteiger partial charge in [-0.25, -0.2) is 13.8 Å². The summed E-state index contributed by atoms with van der Waals surface area (Å²) in [6.07, 6.45) is -4.69. The summed E-state index contributed by atoms with van der Waals surface area (Å²) in [6, 6.07) is 3.61. The number of carbonyl (C=O) groups is 2. The van der Waals surface area contributed by atoms with Crippen LogP contribution in [0.3, 0.4) is 0 Å². The fourth-order valence-corrected chi connectivity index (χ4v) is 3.50. The van der Waals surface area contributed by atoms with Crippen LogP contribution in [-0.4, -0.2) is 53.4 Å². The third-order valence-corrected chi connectivity index (χ3v) is 5.63. The molecule has 1 aromatic heterocycles. The maximum Gasteiger partial charge on any atom is 0.416 e. The number of nitrogens with zero attached hydrogens (tertiary/aromatic N) is 3. The van der Waals surface area contributed by atoms with Crippen molar-refractivity contribution in [1.82, 2.24) is 15.1 Å². The van der Waals surface area contributed by atoms with Gasteiger partial charge in [-0.3, -0.25) is 14.9 Å². The highest BCUT2D eigenvalue weighted by Gasteiger charge is 2.32. The average Bonchev–Trinajstić information content (AvgIpc) is 3.21. The van der Waals surface area contributed by atoms with Gasteiger partial charge in [-0.05, 0) is 49.2 Å². The first-order valence-electron chi connectivity index (χ1n) is 11.7. The number of nitrogens with one attached hydrogen (secondary N) is 2. The van der Waals surface area contributed by atoms with Crippen molar-refractivity contribution < 1.29 is 36.3 Å². The number of aromatic nitrogens is 2. The van der Waals surface area contributed by atoms with Gasteiger partial charge < -0.3 is 15.8 Å². The zero-order chi connectivity index (χ0) is 29.1. The standard InChI is InChI=1S/C25H27F5N6O3.ClH/c1-12(2)20(31)23(38)36-19-10-15(25(28,29)30)6-7-16(19)21(35-36)33-24(32-13(3)11-39-4)34-22(37)14-5-8-17(26)18(27)9-14;/h5-10,12-13,20H,11,31H2,1-4H3,(H2,32,33,34,35,37);1H/t13-,20?;/m0./s1. The molecule has 2 atom stereocenters. The second-order valence-corrected chi connectivity index (χ2v) is 9.09. The first-order chi connectivity index (χ1) is 18.2. The number of benzene rings is 2. The minimum Gasteiger partial charge on any atom is -0.382 e. The van der Waals surface area contributed by atoms with E-state index < -0.39 is 47.3 Å². The SMILES string of the molecule is COC[C@H](C)N=C(NC(=O)c1ccc(F)c(F)c1)Nc1nn(C(=O)C(N)C(C)C)c2cc(C(F)(F)F)ccc12.Cl. The Morgan fingerprint density at radius 1 is 1.10 bits per heavy atom. The van der Waals surface area contributed by atoms with Crippen molar-refractivity contribution >= 4 is 46.9 Å². The molecule has 0 fully saturated rings. The number of guanidine groups is 1. The monoisotopic (exact) mass is 590 g/mol. The Kier molecular flexibility index (Phi) is 10.7. The van der Waals surface area contributed by atoms with Crippen LogP contribution in [0.1, 0.15) is 41.5 Å². The van der Waals surface area contributed by atoms with Gasteiger partial charge in [-0.1, -0.05) is 13.8 Å². The molecule has 0 aliphatic carbocycles. The van der Waals surface area contributed by atoms with Crippen molar-refractivity contribution in [3.63, 3.8) is 0 Å². The molecule has 0 aliphatic rings. The summed E-state index contributed by atoms with van der Waals surface area (Å²) in [7, 11) is 1.43. The minimum absolute atomic E-state index is 0. The summed E-state index contributed by atoms with van der Waals surface area (Å²) in [5.74, 6) is -4.70. The molecule has 218 valence electrons. The van der Waals surface area contributed by atoms with Gasteiger partial charge in [-0.2, -0.15) is 17.9 Å². The van der Waals surface area contributed by atoms with E-state index in [1.807, 2.05) is 0 Å². The normalized spacial score (nSPS) is 13.6. The van der Waals surface area contributed by atoms with E-state index in [9.17, 15) is 31.5 Å². The number of hydrogen-bond acceptors (Lipinski definition) is 6. The van der Waals surface area contributed by atoms with Crippen molar-refractivity contribution in [3.8, 4) is 0 Å². The van der Waals surface area contributed by atoms with Gasteiger partial charge in [0.2, 0.25) is 5.96 Å². The van der Waals surface area contributed by atoms with Gasteiger partial charge in [0.15, 0.2) is 17.5 Å². The van der Waals surface area contributed by atoms with Gasteiger partial charge in [0, 0.05) is 18.1 Å². The Bertz CT molecular complexity index is 1410. The summed E-state index contributed by atoms with van der Waals surface area (Å²) in [4.78, 5) is 30.1. The molecule has 4 N–H and O–H groups in total. The molecule has 1 unspecified atom stereocenters. The lowest BCUT2D eigenvalue weighted by Crippen LogP contribution is -2.40. The number of aliphatic imine (C=N–C) groups is 1. The summed E-state index contributed by atoms with van der Waals surface area (Å²) >= 11 is 0.